The normalized spacial score (nSPS) is 9.90. The number of hydrogen-bond donors (Lipinski definition) is 2. The first-order valence-corrected chi connectivity index (χ1v) is 5.74. The van der Waals surface area contributed by atoms with E-state index in [1.54, 1.807) is 38.4 Å². The monoisotopic (exact) mass is 275 g/mol. The Kier molecular flexibility index (Phi) is 3.94. The average molecular weight is 275 g/mol. The molecule has 0 aliphatic heterocycles. The molecule has 1 aromatic carbocycles. The van der Waals surface area contributed by atoms with E-state index in [0.29, 0.717) is 17.4 Å². The molecule has 20 heavy (non-hydrogen) atoms. The fourth-order valence-corrected chi connectivity index (χ4v) is 1.56. The van der Waals surface area contributed by atoms with E-state index < -0.39 is 4.92 Å². The van der Waals surface area contributed by atoms with Crippen molar-refractivity contribution in [3.05, 3.63) is 40.6 Å². The zero-order valence-electron chi connectivity index (χ0n) is 11.0. The maximum Gasteiger partial charge on any atom is 0.329 e. The van der Waals surface area contributed by atoms with E-state index in [1.807, 2.05) is 0 Å². The summed E-state index contributed by atoms with van der Waals surface area (Å²) in [5.74, 6) is 1.05. The number of nitrogens with one attached hydrogen (secondary N) is 2. The van der Waals surface area contributed by atoms with Gasteiger partial charge in [-0.3, -0.25) is 10.1 Å². The lowest BCUT2D eigenvalue weighted by atomic mass is 10.3. The number of rotatable bonds is 5. The molecule has 8 heteroatoms. The van der Waals surface area contributed by atoms with Crippen molar-refractivity contribution in [1.82, 2.24) is 9.97 Å². The van der Waals surface area contributed by atoms with Crippen molar-refractivity contribution < 1.29 is 9.66 Å². The number of hydrogen-bond acceptors (Lipinski definition) is 7. The van der Waals surface area contributed by atoms with Crippen LogP contribution in [0.2, 0.25) is 0 Å². The quantitative estimate of drug-likeness (QED) is 0.636. The number of ether oxygens (including phenoxy) is 1. The van der Waals surface area contributed by atoms with Gasteiger partial charge in [-0.15, -0.1) is 0 Å². The highest BCUT2D eigenvalue weighted by atomic mass is 16.6. The summed E-state index contributed by atoms with van der Waals surface area (Å²) in [6.07, 6.45) is 1.15. The Balaban J connectivity index is 2.37. The summed E-state index contributed by atoms with van der Waals surface area (Å²) in [4.78, 5) is 18.3. The number of nitrogens with zero attached hydrogens (tertiary/aromatic N) is 3. The fraction of sp³-hybridized carbons (Fsp3) is 0.167. The first kappa shape index (κ1) is 13.5. The molecule has 0 aliphatic rings. The van der Waals surface area contributed by atoms with Gasteiger partial charge in [0.2, 0.25) is 11.8 Å². The van der Waals surface area contributed by atoms with Gasteiger partial charge < -0.3 is 15.4 Å². The lowest BCUT2D eigenvalue weighted by molar-refractivity contribution is -0.384. The number of methoxy groups -OCH3 is 1. The fourth-order valence-electron chi connectivity index (χ4n) is 1.56. The molecule has 0 saturated carbocycles. The minimum atomic E-state index is -0.540. The maximum absolute atomic E-state index is 11.0. The van der Waals surface area contributed by atoms with Gasteiger partial charge in [0.15, 0.2) is 0 Å². The molecule has 1 heterocycles. The number of anilines is 3. The van der Waals surface area contributed by atoms with E-state index >= 15 is 0 Å². The second-order valence-electron chi connectivity index (χ2n) is 3.79. The predicted octanol–water partition coefficient (Wildman–Crippen LogP) is 2.18. The van der Waals surface area contributed by atoms with Crippen LogP contribution in [0.5, 0.6) is 5.75 Å². The van der Waals surface area contributed by atoms with Crippen LogP contribution in [0.4, 0.5) is 23.1 Å². The summed E-state index contributed by atoms with van der Waals surface area (Å²) >= 11 is 0. The molecule has 2 N–H and O–H groups in total. The summed E-state index contributed by atoms with van der Waals surface area (Å²) in [5.41, 5.74) is 0.431. The summed E-state index contributed by atoms with van der Waals surface area (Å²) < 4.78 is 5.10. The van der Waals surface area contributed by atoms with Crippen LogP contribution < -0.4 is 15.4 Å². The van der Waals surface area contributed by atoms with Gasteiger partial charge in [-0.05, 0) is 12.1 Å². The number of aromatic nitrogens is 2. The Morgan fingerprint density at radius 3 is 2.85 bits per heavy atom. The van der Waals surface area contributed by atoms with Crippen molar-refractivity contribution in [1.29, 1.82) is 0 Å². The third-order valence-corrected chi connectivity index (χ3v) is 2.52. The maximum atomic E-state index is 11.0. The molecule has 0 unspecified atom stereocenters. The van der Waals surface area contributed by atoms with Gasteiger partial charge in [-0.25, -0.2) is 4.98 Å². The van der Waals surface area contributed by atoms with Gasteiger partial charge in [0.05, 0.1) is 12.0 Å². The third-order valence-electron chi connectivity index (χ3n) is 2.52. The van der Waals surface area contributed by atoms with Crippen molar-refractivity contribution in [2.75, 3.05) is 24.8 Å². The number of benzene rings is 1. The van der Waals surface area contributed by atoms with Crippen LogP contribution in [-0.4, -0.2) is 29.0 Å². The first-order chi connectivity index (χ1) is 9.63. The van der Waals surface area contributed by atoms with E-state index in [0.717, 1.165) is 6.20 Å². The molecule has 0 spiro atoms. The Bertz CT molecular complexity index is 632. The molecular weight excluding hydrogens is 262 g/mol. The SMILES string of the molecule is CNc1ncc([N+](=O)[O-])c(Nc2cccc(OC)c2)n1. The van der Waals surface area contributed by atoms with Crippen molar-refractivity contribution in [3.8, 4) is 5.75 Å². The molecule has 0 amide bonds. The smallest absolute Gasteiger partial charge is 0.329 e. The molecular formula is C12H13N5O3. The van der Waals surface area contributed by atoms with E-state index in [-0.39, 0.29) is 11.5 Å². The van der Waals surface area contributed by atoms with Gasteiger partial charge >= 0.3 is 5.69 Å². The van der Waals surface area contributed by atoms with Crippen LogP contribution >= 0.6 is 0 Å². The van der Waals surface area contributed by atoms with E-state index in [4.69, 9.17) is 4.74 Å². The third kappa shape index (κ3) is 2.91. The van der Waals surface area contributed by atoms with Crippen LogP contribution in [0.25, 0.3) is 0 Å². The molecule has 1 aromatic heterocycles. The van der Waals surface area contributed by atoms with Gasteiger partial charge in [-0.1, -0.05) is 6.07 Å². The second kappa shape index (κ2) is 5.83. The van der Waals surface area contributed by atoms with Crippen LogP contribution in [0, 0.1) is 10.1 Å². The molecule has 0 atom stereocenters. The number of nitro groups is 1. The zero-order valence-corrected chi connectivity index (χ0v) is 11.0. The van der Waals surface area contributed by atoms with Crippen molar-refractivity contribution in [2.24, 2.45) is 0 Å². The summed E-state index contributed by atoms with van der Waals surface area (Å²) in [6, 6.07) is 7.02. The molecule has 0 saturated heterocycles. The van der Waals surface area contributed by atoms with Crippen LogP contribution in [0.3, 0.4) is 0 Å². The standard InChI is InChI=1S/C12H13N5O3/c1-13-12-14-7-10(17(18)19)11(16-12)15-8-4-3-5-9(6-8)20-2/h3-7H,1-2H3,(H2,13,14,15,16). The van der Waals surface area contributed by atoms with E-state index in [9.17, 15) is 10.1 Å². The first-order valence-electron chi connectivity index (χ1n) is 5.74. The molecule has 0 radical (unpaired) electrons. The summed E-state index contributed by atoms with van der Waals surface area (Å²) in [6.45, 7) is 0. The van der Waals surface area contributed by atoms with E-state index in [2.05, 4.69) is 20.6 Å². The lowest BCUT2D eigenvalue weighted by Gasteiger charge is -2.08. The second-order valence-corrected chi connectivity index (χ2v) is 3.79. The summed E-state index contributed by atoms with van der Waals surface area (Å²) in [7, 11) is 3.18. The molecule has 104 valence electrons. The van der Waals surface area contributed by atoms with Gasteiger partial charge in [0.1, 0.15) is 11.9 Å². The molecule has 8 nitrogen and oxygen atoms in total. The zero-order chi connectivity index (χ0) is 14.5. The highest BCUT2D eigenvalue weighted by Crippen LogP contribution is 2.27. The van der Waals surface area contributed by atoms with Crippen molar-refractivity contribution in [3.63, 3.8) is 0 Å². The van der Waals surface area contributed by atoms with Crippen LogP contribution in [0.15, 0.2) is 30.5 Å². The Hall–Kier alpha value is -2.90. The minimum absolute atomic E-state index is 0.114. The predicted molar refractivity (Wildman–Crippen MR) is 74.5 cm³/mol. The minimum Gasteiger partial charge on any atom is -0.497 e. The largest absolute Gasteiger partial charge is 0.497 e. The molecule has 2 aromatic rings. The van der Waals surface area contributed by atoms with Crippen LogP contribution in [-0.2, 0) is 0 Å². The van der Waals surface area contributed by atoms with E-state index in [1.165, 1.54) is 0 Å². The van der Waals surface area contributed by atoms with Gasteiger partial charge in [-0.2, -0.15) is 4.98 Å². The molecule has 0 fully saturated rings. The topological polar surface area (TPSA) is 102 Å². The van der Waals surface area contributed by atoms with Crippen LogP contribution in [0.1, 0.15) is 0 Å². The highest BCUT2D eigenvalue weighted by molar-refractivity contribution is 5.66. The van der Waals surface area contributed by atoms with Gasteiger partial charge in [0, 0.05) is 18.8 Å². The lowest BCUT2D eigenvalue weighted by Crippen LogP contribution is -2.04. The molecule has 0 aliphatic carbocycles. The van der Waals surface area contributed by atoms with Crippen molar-refractivity contribution >= 4 is 23.1 Å². The van der Waals surface area contributed by atoms with Gasteiger partial charge in [0.25, 0.3) is 0 Å². The highest BCUT2D eigenvalue weighted by Gasteiger charge is 2.17. The Labute approximate surface area is 115 Å². The Morgan fingerprint density at radius 2 is 2.20 bits per heavy atom. The molecule has 0 bridgehead atoms. The van der Waals surface area contributed by atoms with Crippen molar-refractivity contribution in [2.45, 2.75) is 0 Å². The summed E-state index contributed by atoms with van der Waals surface area (Å²) in [5, 5.41) is 16.6. The average Bonchev–Trinajstić information content (AvgIpc) is 2.47. The molecule has 2 rings (SSSR count). The Morgan fingerprint density at radius 1 is 1.40 bits per heavy atom.